The van der Waals surface area contributed by atoms with E-state index in [0.717, 1.165) is 25.9 Å². The van der Waals surface area contributed by atoms with Gasteiger partial charge in [0, 0.05) is 19.1 Å². The minimum Gasteiger partial charge on any atom is -0.389 e. The van der Waals surface area contributed by atoms with Crippen molar-refractivity contribution >= 4 is 0 Å². The largest absolute Gasteiger partial charge is 0.389 e. The van der Waals surface area contributed by atoms with Crippen molar-refractivity contribution in [3.63, 3.8) is 0 Å². The number of nitrogens with one attached hydrogen (secondary N) is 2. The van der Waals surface area contributed by atoms with E-state index in [0.29, 0.717) is 12.6 Å². The van der Waals surface area contributed by atoms with Crippen LogP contribution in [0, 0.1) is 0 Å². The van der Waals surface area contributed by atoms with Gasteiger partial charge in [-0.1, -0.05) is 13.3 Å². The molecule has 3 nitrogen and oxygen atoms in total. The number of rotatable bonds is 5. The highest BCUT2D eigenvalue weighted by Gasteiger charge is 2.21. The van der Waals surface area contributed by atoms with Crippen molar-refractivity contribution < 1.29 is 5.11 Å². The molecule has 0 aliphatic carbocycles. The molecule has 0 aromatic carbocycles. The fraction of sp³-hybridized carbons (Fsp3) is 1.00. The van der Waals surface area contributed by atoms with Crippen molar-refractivity contribution in [1.29, 1.82) is 0 Å². The Labute approximate surface area is 87.3 Å². The van der Waals surface area contributed by atoms with Crippen LogP contribution in [0.1, 0.15) is 39.5 Å². The first kappa shape index (κ1) is 12.0. The summed E-state index contributed by atoms with van der Waals surface area (Å²) in [6.45, 7) is 6.93. The summed E-state index contributed by atoms with van der Waals surface area (Å²) in [6.07, 6.45) is 4.39. The lowest BCUT2D eigenvalue weighted by molar-refractivity contribution is 0.0462. The van der Waals surface area contributed by atoms with Crippen LogP contribution in [0.3, 0.4) is 0 Å². The Morgan fingerprint density at radius 2 is 2.36 bits per heavy atom. The van der Waals surface area contributed by atoms with E-state index in [2.05, 4.69) is 17.6 Å². The van der Waals surface area contributed by atoms with E-state index in [9.17, 15) is 5.11 Å². The highest BCUT2D eigenvalue weighted by Crippen LogP contribution is 2.11. The number of hydrogen-bond donors (Lipinski definition) is 3. The Morgan fingerprint density at radius 1 is 1.57 bits per heavy atom. The van der Waals surface area contributed by atoms with Crippen LogP contribution in [0.25, 0.3) is 0 Å². The molecular formula is C11H24N2O. The van der Waals surface area contributed by atoms with Gasteiger partial charge in [-0.2, -0.15) is 0 Å². The van der Waals surface area contributed by atoms with Gasteiger partial charge in [-0.05, 0) is 32.7 Å². The normalized spacial score (nSPS) is 27.2. The van der Waals surface area contributed by atoms with E-state index >= 15 is 0 Å². The number of aliphatic hydroxyl groups is 1. The summed E-state index contributed by atoms with van der Waals surface area (Å²) in [6, 6.07) is 0.548. The van der Waals surface area contributed by atoms with Crippen LogP contribution in [-0.4, -0.2) is 36.4 Å². The fourth-order valence-corrected chi connectivity index (χ4v) is 2.02. The molecule has 1 aliphatic rings. The first-order chi connectivity index (χ1) is 6.64. The summed E-state index contributed by atoms with van der Waals surface area (Å²) in [7, 11) is 0. The molecule has 2 atom stereocenters. The highest BCUT2D eigenvalue weighted by atomic mass is 16.3. The molecule has 2 unspecified atom stereocenters. The third kappa shape index (κ3) is 4.40. The predicted octanol–water partition coefficient (Wildman–Crippen LogP) is 0.879. The first-order valence-corrected chi connectivity index (χ1v) is 5.80. The molecule has 1 fully saturated rings. The minimum absolute atomic E-state index is 0.536. The van der Waals surface area contributed by atoms with Gasteiger partial charge >= 0.3 is 0 Å². The molecule has 1 saturated heterocycles. The van der Waals surface area contributed by atoms with Crippen LogP contribution in [0.4, 0.5) is 0 Å². The lowest BCUT2D eigenvalue weighted by Gasteiger charge is -2.29. The Morgan fingerprint density at radius 3 is 2.93 bits per heavy atom. The maximum absolute atomic E-state index is 9.96. The maximum Gasteiger partial charge on any atom is 0.0743 e. The Hall–Kier alpha value is -0.120. The minimum atomic E-state index is -0.536. The molecule has 0 aromatic rings. The molecule has 1 heterocycles. The van der Waals surface area contributed by atoms with E-state index in [-0.39, 0.29) is 0 Å². The molecule has 0 spiro atoms. The number of hydrogen-bond acceptors (Lipinski definition) is 3. The molecule has 3 N–H and O–H groups in total. The summed E-state index contributed by atoms with van der Waals surface area (Å²) >= 11 is 0. The van der Waals surface area contributed by atoms with Gasteiger partial charge in [0.2, 0.25) is 0 Å². The van der Waals surface area contributed by atoms with Gasteiger partial charge in [0.25, 0.3) is 0 Å². The Bertz CT molecular complexity index is 153. The molecule has 0 amide bonds. The van der Waals surface area contributed by atoms with Crippen molar-refractivity contribution in [2.45, 2.75) is 51.2 Å². The fourth-order valence-electron chi connectivity index (χ4n) is 2.02. The molecule has 0 radical (unpaired) electrons. The molecule has 84 valence electrons. The quantitative estimate of drug-likeness (QED) is 0.617. The monoisotopic (exact) mass is 200 g/mol. The highest BCUT2D eigenvalue weighted by molar-refractivity contribution is 4.81. The third-order valence-corrected chi connectivity index (χ3v) is 2.86. The predicted molar refractivity (Wildman–Crippen MR) is 59.4 cm³/mol. The zero-order valence-electron chi connectivity index (χ0n) is 9.47. The van der Waals surface area contributed by atoms with Gasteiger partial charge in [-0.15, -0.1) is 0 Å². The molecular weight excluding hydrogens is 176 g/mol. The molecule has 0 aromatic heterocycles. The van der Waals surface area contributed by atoms with Gasteiger partial charge in [0.05, 0.1) is 5.60 Å². The maximum atomic E-state index is 9.96. The molecule has 14 heavy (non-hydrogen) atoms. The Kier molecular flexibility index (Phi) is 4.85. The van der Waals surface area contributed by atoms with E-state index in [1.54, 1.807) is 0 Å². The zero-order valence-corrected chi connectivity index (χ0v) is 9.47. The van der Waals surface area contributed by atoms with Gasteiger partial charge in [0.1, 0.15) is 0 Å². The lowest BCUT2D eigenvalue weighted by Crippen LogP contribution is -2.48. The van der Waals surface area contributed by atoms with Crippen LogP contribution in [0.5, 0.6) is 0 Å². The molecule has 0 saturated carbocycles. The summed E-state index contributed by atoms with van der Waals surface area (Å²) < 4.78 is 0. The van der Waals surface area contributed by atoms with E-state index in [4.69, 9.17) is 0 Å². The van der Waals surface area contributed by atoms with Gasteiger partial charge in [-0.25, -0.2) is 0 Å². The second kappa shape index (κ2) is 5.69. The van der Waals surface area contributed by atoms with Crippen molar-refractivity contribution in [3.05, 3.63) is 0 Å². The van der Waals surface area contributed by atoms with Gasteiger partial charge in [-0.3, -0.25) is 0 Å². The molecule has 1 rings (SSSR count). The average Bonchev–Trinajstić information content (AvgIpc) is 2.17. The van der Waals surface area contributed by atoms with Crippen molar-refractivity contribution in [2.24, 2.45) is 0 Å². The lowest BCUT2D eigenvalue weighted by atomic mass is 9.99. The number of piperidine rings is 1. The van der Waals surface area contributed by atoms with Crippen LogP contribution in [0.2, 0.25) is 0 Å². The van der Waals surface area contributed by atoms with Crippen molar-refractivity contribution in [2.75, 3.05) is 19.6 Å². The second-order valence-electron chi connectivity index (χ2n) is 4.67. The summed E-state index contributed by atoms with van der Waals surface area (Å²) in [5.41, 5.74) is -0.536. The first-order valence-electron chi connectivity index (χ1n) is 5.80. The SMILES string of the molecule is CCCC(C)(O)CNC1CCCNC1. The van der Waals surface area contributed by atoms with Crippen LogP contribution in [0.15, 0.2) is 0 Å². The van der Waals surface area contributed by atoms with Crippen molar-refractivity contribution in [3.8, 4) is 0 Å². The molecule has 1 aliphatic heterocycles. The molecule has 3 heteroatoms. The van der Waals surface area contributed by atoms with Crippen molar-refractivity contribution in [1.82, 2.24) is 10.6 Å². The standard InChI is InChI=1S/C11H24N2O/c1-3-6-11(2,14)9-13-10-5-4-7-12-8-10/h10,12-14H,3-9H2,1-2H3. The summed E-state index contributed by atoms with van der Waals surface area (Å²) in [5, 5.41) is 16.8. The smallest absolute Gasteiger partial charge is 0.0743 e. The van der Waals surface area contributed by atoms with Gasteiger partial charge < -0.3 is 15.7 Å². The average molecular weight is 200 g/mol. The molecule has 0 bridgehead atoms. The van der Waals surface area contributed by atoms with Gasteiger partial charge in [0.15, 0.2) is 0 Å². The van der Waals surface area contributed by atoms with E-state index < -0.39 is 5.60 Å². The second-order valence-corrected chi connectivity index (χ2v) is 4.67. The van der Waals surface area contributed by atoms with Crippen LogP contribution < -0.4 is 10.6 Å². The Balaban J connectivity index is 2.17. The summed E-state index contributed by atoms with van der Waals surface area (Å²) in [5.74, 6) is 0. The third-order valence-electron chi connectivity index (χ3n) is 2.86. The summed E-state index contributed by atoms with van der Waals surface area (Å²) in [4.78, 5) is 0. The van der Waals surface area contributed by atoms with E-state index in [1.165, 1.54) is 12.8 Å². The van der Waals surface area contributed by atoms with Crippen LogP contribution in [-0.2, 0) is 0 Å². The zero-order chi connectivity index (χ0) is 10.4. The topological polar surface area (TPSA) is 44.3 Å². The van der Waals surface area contributed by atoms with E-state index in [1.807, 2.05) is 6.92 Å². The van der Waals surface area contributed by atoms with Crippen LogP contribution >= 0.6 is 0 Å².